The van der Waals surface area contributed by atoms with Crippen molar-refractivity contribution in [1.82, 2.24) is 10.3 Å². The van der Waals surface area contributed by atoms with Gasteiger partial charge in [-0.05, 0) is 53.5 Å². The van der Waals surface area contributed by atoms with E-state index in [0.29, 0.717) is 23.9 Å². The summed E-state index contributed by atoms with van der Waals surface area (Å²) in [6.45, 7) is 2.32. The molecule has 118 valence electrons. The van der Waals surface area contributed by atoms with Crippen molar-refractivity contribution in [3.8, 4) is 11.5 Å². The summed E-state index contributed by atoms with van der Waals surface area (Å²) in [5.41, 5.74) is 1.20. The van der Waals surface area contributed by atoms with E-state index >= 15 is 0 Å². The highest BCUT2D eigenvalue weighted by Crippen LogP contribution is 2.23. The van der Waals surface area contributed by atoms with Gasteiger partial charge in [-0.25, -0.2) is 4.98 Å². The third-order valence-electron chi connectivity index (χ3n) is 3.32. The zero-order valence-corrected chi connectivity index (χ0v) is 14.9. The molecule has 0 aliphatic carbocycles. The molecule has 0 radical (unpaired) electrons. The second kappa shape index (κ2) is 7.10. The summed E-state index contributed by atoms with van der Waals surface area (Å²) in [5, 5.41) is 2.89. The standard InChI is InChI=1S/C17H15BrN2O2S/c1-11-15(20-17(22-11)12-5-3-2-4-6-12)16(21)19-10-9-13-7-8-14(18)23-13/h2-8H,9-10H2,1H3,(H,19,21). The van der Waals surface area contributed by atoms with Gasteiger partial charge in [0.05, 0.1) is 3.79 Å². The summed E-state index contributed by atoms with van der Waals surface area (Å²) in [6.07, 6.45) is 0.796. The fourth-order valence-electron chi connectivity index (χ4n) is 2.18. The molecular formula is C17H15BrN2O2S. The van der Waals surface area contributed by atoms with Crippen molar-refractivity contribution in [3.05, 3.63) is 62.6 Å². The highest BCUT2D eigenvalue weighted by molar-refractivity contribution is 9.11. The number of aryl methyl sites for hydroxylation is 1. The smallest absolute Gasteiger partial charge is 0.273 e. The van der Waals surface area contributed by atoms with Gasteiger partial charge in [0.1, 0.15) is 5.76 Å². The van der Waals surface area contributed by atoms with Crippen LogP contribution in [0.4, 0.5) is 0 Å². The average molecular weight is 391 g/mol. The van der Waals surface area contributed by atoms with Crippen LogP contribution in [0.25, 0.3) is 11.5 Å². The Kier molecular flexibility index (Phi) is 4.93. The maximum atomic E-state index is 12.3. The van der Waals surface area contributed by atoms with Gasteiger partial charge < -0.3 is 9.73 Å². The van der Waals surface area contributed by atoms with Crippen molar-refractivity contribution < 1.29 is 9.21 Å². The zero-order valence-electron chi connectivity index (χ0n) is 12.5. The second-order valence-corrected chi connectivity index (χ2v) is 7.55. The Bertz CT molecular complexity index is 811. The predicted molar refractivity (Wildman–Crippen MR) is 94.7 cm³/mol. The number of carbonyl (C=O) groups is 1. The molecule has 3 rings (SSSR count). The SMILES string of the molecule is Cc1oc(-c2ccccc2)nc1C(=O)NCCc1ccc(Br)s1. The van der Waals surface area contributed by atoms with Gasteiger partial charge in [-0.2, -0.15) is 0 Å². The van der Waals surface area contributed by atoms with E-state index in [1.165, 1.54) is 4.88 Å². The van der Waals surface area contributed by atoms with Gasteiger partial charge in [-0.15, -0.1) is 11.3 Å². The highest BCUT2D eigenvalue weighted by atomic mass is 79.9. The fourth-order valence-corrected chi connectivity index (χ4v) is 3.66. The Morgan fingerprint density at radius 3 is 2.74 bits per heavy atom. The van der Waals surface area contributed by atoms with Crippen LogP contribution in [0.2, 0.25) is 0 Å². The summed E-state index contributed by atoms with van der Waals surface area (Å²) >= 11 is 5.10. The van der Waals surface area contributed by atoms with Crippen molar-refractivity contribution in [3.63, 3.8) is 0 Å². The van der Waals surface area contributed by atoms with Crippen molar-refractivity contribution in [2.24, 2.45) is 0 Å². The molecule has 0 aliphatic heterocycles. The Morgan fingerprint density at radius 1 is 1.26 bits per heavy atom. The maximum absolute atomic E-state index is 12.3. The van der Waals surface area contributed by atoms with Gasteiger partial charge >= 0.3 is 0 Å². The molecule has 0 fully saturated rings. The van der Waals surface area contributed by atoms with Crippen LogP contribution in [0.15, 0.2) is 50.7 Å². The summed E-state index contributed by atoms with van der Waals surface area (Å²) in [7, 11) is 0. The molecule has 1 N–H and O–H groups in total. The van der Waals surface area contributed by atoms with Crippen LogP contribution < -0.4 is 5.32 Å². The lowest BCUT2D eigenvalue weighted by atomic mass is 10.2. The van der Waals surface area contributed by atoms with Gasteiger partial charge in [0, 0.05) is 17.0 Å². The Balaban J connectivity index is 1.64. The van der Waals surface area contributed by atoms with Crippen molar-refractivity contribution in [2.45, 2.75) is 13.3 Å². The number of hydrogen-bond donors (Lipinski definition) is 1. The molecule has 2 heterocycles. The van der Waals surface area contributed by atoms with Gasteiger partial charge in [-0.1, -0.05) is 18.2 Å². The lowest BCUT2D eigenvalue weighted by Crippen LogP contribution is -2.26. The van der Waals surface area contributed by atoms with Crippen molar-refractivity contribution in [1.29, 1.82) is 0 Å². The van der Waals surface area contributed by atoms with Crippen LogP contribution in [-0.2, 0) is 6.42 Å². The molecule has 0 aliphatic rings. The number of aromatic nitrogens is 1. The number of nitrogens with one attached hydrogen (secondary N) is 1. The minimum absolute atomic E-state index is 0.205. The number of thiophene rings is 1. The van der Waals surface area contributed by atoms with Gasteiger partial charge in [0.15, 0.2) is 5.69 Å². The molecule has 0 saturated carbocycles. The summed E-state index contributed by atoms with van der Waals surface area (Å²) in [4.78, 5) is 17.8. The number of nitrogens with zero attached hydrogens (tertiary/aromatic N) is 1. The van der Waals surface area contributed by atoms with Crippen LogP contribution in [0.3, 0.4) is 0 Å². The molecule has 0 atom stereocenters. The first kappa shape index (κ1) is 16.0. The van der Waals surface area contributed by atoms with Crippen LogP contribution in [0, 0.1) is 6.92 Å². The van der Waals surface area contributed by atoms with Crippen LogP contribution in [0.1, 0.15) is 21.1 Å². The number of carbonyl (C=O) groups excluding carboxylic acids is 1. The van der Waals surface area contributed by atoms with E-state index in [-0.39, 0.29) is 5.91 Å². The van der Waals surface area contributed by atoms with E-state index in [2.05, 4.69) is 32.3 Å². The molecule has 6 heteroatoms. The van der Waals surface area contributed by atoms with Crippen molar-refractivity contribution >= 4 is 33.2 Å². The lowest BCUT2D eigenvalue weighted by Gasteiger charge is -2.01. The lowest BCUT2D eigenvalue weighted by molar-refractivity contribution is 0.0948. The number of hydrogen-bond acceptors (Lipinski definition) is 4. The third-order valence-corrected chi connectivity index (χ3v) is 5.00. The van der Waals surface area contributed by atoms with E-state index in [1.54, 1.807) is 18.3 Å². The molecule has 0 saturated heterocycles. The van der Waals surface area contributed by atoms with Crippen LogP contribution in [-0.4, -0.2) is 17.4 Å². The zero-order chi connectivity index (χ0) is 16.2. The van der Waals surface area contributed by atoms with Crippen LogP contribution in [0.5, 0.6) is 0 Å². The number of amides is 1. The van der Waals surface area contributed by atoms with E-state index in [9.17, 15) is 4.79 Å². The van der Waals surface area contributed by atoms with E-state index in [1.807, 2.05) is 36.4 Å². The number of rotatable bonds is 5. The fraction of sp³-hybridized carbons (Fsp3) is 0.176. The normalized spacial score (nSPS) is 10.7. The Labute approximate surface area is 146 Å². The van der Waals surface area contributed by atoms with E-state index < -0.39 is 0 Å². The van der Waals surface area contributed by atoms with Gasteiger partial charge in [-0.3, -0.25) is 4.79 Å². The average Bonchev–Trinajstić information content (AvgIpc) is 3.14. The van der Waals surface area contributed by atoms with Crippen LogP contribution >= 0.6 is 27.3 Å². The summed E-state index contributed by atoms with van der Waals surface area (Å²) < 4.78 is 6.71. The number of halogens is 1. The van der Waals surface area contributed by atoms with Gasteiger partial charge in [0.25, 0.3) is 5.91 Å². The van der Waals surface area contributed by atoms with Gasteiger partial charge in [0.2, 0.25) is 5.89 Å². The molecule has 4 nitrogen and oxygen atoms in total. The number of oxazole rings is 1. The number of benzene rings is 1. The molecule has 0 bridgehead atoms. The highest BCUT2D eigenvalue weighted by Gasteiger charge is 2.17. The topological polar surface area (TPSA) is 55.1 Å². The molecule has 0 unspecified atom stereocenters. The largest absolute Gasteiger partial charge is 0.441 e. The first-order chi connectivity index (χ1) is 11.1. The Hall–Kier alpha value is -1.92. The summed E-state index contributed by atoms with van der Waals surface area (Å²) in [6, 6.07) is 13.6. The molecule has 2 aromatic heterocycles. The molecular weight excluding hydrogens is 376 g/mol. The quantitative estimate of drug-likeness (QED) is 0.699. The van der Waals surface area contributed by atoms with E-state index in [4.69, 9.17) is 4.42 Å². The first-order valence-electron chi connectivity index (χ1n) is 7.19. The molecule has 23 heavy (non-hydrogen) atoms. The minimum atomic E-state index is -0.205. The molecule has 0 spiro atoms. The molecule has 3 aromatic rings. The predicted octanol–water partition coefficient (Wildman–Crippen LogP) is 4.45. The molecule has 1 amide bonds. The van der Waals surface area contributed by atoms with E-state index in [0.717, 1.165) is 15.8 Å². The minimum Gasteiger partial charge on any atom is -0.441 e. The monoisotopic (exact) mass is 390 g/mol. The third kappa shape index (κ3) is 3.89. The van der Waals surface area contributed by atoms with Crippen molar-refractivity contribution in [2.75, 3.05) is 6.54 Å². The maximum Gasteiger partial charge on any atom is 0.273 e. The summed E-state index contributed by atoms with van der Waals surface area (Å²) in [5.74, 6) is 0.791. The Morgan fingerprint density at radius 2 is 2.04 bits per heavy atom. The second-order valence-electron chi connectivity index (χ2n) is 5.00. The molecule has 1 aromatic carbocycles. The first-order valence-corrected chi connectivity index (χ1v) is 8.79.